The summed E-state index contributed by atoms with van der Waals surface area (Å²) in [5.74, 6) is -0.535. The third kappa shape index (κ3) is 3.77. The van der Waals surface area contributed by atoms with Gasteiger partial charge in [0.15, 0.2) is 5.56 Å². The molecule has 0 saturated heterocycles. The lowest BCUT2D eigenvalue weighted by atomic mass is 10.2. The lowest BCUT2D eigenvalue weighted by Crippen LogP contribution is -2.13. The topological polar surface area (TPSA) is 55.8 Å². The van der Waals surface area contributed by atoms with Gasteiger partial charge in [0.05, 0.1) is 5.56 Å². The molecular formula is C10H11ClO4. The summed E-state index contributed by atoms with van der Waals surface area (Å²) in [6.45, 7) is 0.168. The molecule has 0 aliphatic rings. The van der Waals surface area contributed by atoms with Crippen molar-refractivity contribution in [2.45, 2.75) is 5.56 Å². The lowest BCUT2D eigenvalue weighted by Gasteiger charge is -2.09. The van der Waals surface area contributed by atoms with Crippen molar-refractivity contribution in [3.05, 3.63) is 29.8 Å². The minimum atomic E-state index is -0.991. The van der Waals surface area contributed by atoms with E-state index in [-0.39, 0.29) is 12.2 Å². The van der Waals surface area contributed by atoms with E-state index in [1.807, 2.05) is 0 Å². The Morgan fingerprint density at radius 3 is 2.93 bits per heavy atom. The number of methoxy groups -OCH3 is 1. The number of ether oxygens (including phenoxy) is 2. The van der Waals surface area contributed by atoms with Crippen molar-refractivity contribution in [2.24, 2.45) is 0 Å². The first-order valence-electron chi connectivity index (χ1n) is 4.26. The van der Waals surface area contributed by atoms with Crippen LogP contribution in [0.4, 0.5) is 0 Å². The van der Waals surface area contributed by atoms with Crippen molar-refractivity contribution in [3.8, 4) is 5.75 Å². The number of rotatable bonds is 5. The summed E-state index contributed by atoms with van der Waals surface area (Å²) in [4.78, 5) is 10.6. The Morgan fingerprint density at radius 2 is 2.33 bits per heavy atom. The average molecular weight is 231 g/mol. The van der Waals surface area contributed by atoms with Crippen LogP contribution in [0.1, 0.15) is 10.4 Å². The van der Waals surface area contributed by atoms with Crippen LogP contribution in [0.25, 0.3) is 0 Å². The van der Waals surface area contributed by atoms with Crippen LogP contribution in [0.3, 0.4) is 0 Å². The van der Waals surface area contributed by atoms with Gasteiger partial charge >= 0.3 is 5.97 Å². The molecule has 0 saturated carbocycles. The maximum absolute atomic E-state index is 10.6. The molecule has 4 nitrogen and oxygen atoms in total. The fourth-order valence-corrected chi connectivity index (χ4v) is 1.01. The highest BCUT2D eigenvalue weighted by atomic mass is 35.5. The number of carboxylic acid groups (broad SMARTS) is 1. The van der Waals surface area contributed by atoms with Crippen LogP contribution in [0, 0.1) is 0 Å². The number of alkyl halides is 1. The number of aromatic carboxylic acids is 1. The molecule has 15 heavy (non-hydrogen) atoms. The number of carboxylic acids is 1. The first-order valence-corrected chi connectivity index (χ1v) is 4.70. The predicted molar refractivity (Wildman–Crippen MR) is 55.5 cm³/mol. The summed E-state index contributed by atoms with van der Waals surface area (Å²) >= 11 is 5.65. The Hall–Kier alpha value is -1.26. The van der Waals surface area contributed by atoms with Crippen molar-refractivity contribution in [2.75, 3.05) is 13.7 Å². The highest BCUT2D eigenvalue weighted by Gasteiger charge is 2.06. The average Bonchev–Trinajstić information content (AvgIpc) is 2.26. The molecule has 0 aromatic heterocycles. The minimum absolute atomic E-state index is 0.168. The van der Waals surface area contributed by atoms with Gasteiger partial charge in [-0.25, -0.2) is 4.79 Å². The molecule has 0 radical (unpaired) electrons. The molecule has 1 rings (SSSR count). The molecule has 0 aliphatic heterocycles. The maximum atomic E-state index is 10.6. The lowest BCUT2D eigenvalue weighted by molar-refractivity contribution is 0.0696. The smallest absolute Gasteiger partial charge is 0.335 e. The fourth-order valence-electron chi connectivity index (χ4n) is 0.949. The molecule has 0 bridgehead atoms. The highest BCUT2D eigenvalue weighted by molar-refractivity contribution is 6.19. The number of benzene rings is 1. The normalized spacial score (nSPS) is 12.1. The molecule has 0 spiro atoms. The van der Waals surface area contributed by atoms with Gasteiger partial charge < -0.3 is 14.6 Å². The number of carbonyl (C=O) groups is 1. The SMILES string of the molecule is COC(Cl)COc1cccc(C(=O)O)c1. The van der Waals surface area contributed by atoms with Crippen molar-refractivity contribution in [1.82, 2.24) is 0 Å². The molecule has 5 heteroatoms. The summed E-state index contributed by atoms with van der Waals surface area (Å²) in [7, 11) is 1.47. The zero-order valence-corrected chi connectivity index (χ0v) is 8.90. The molecule has 1 N–H and O–H groups in total. The van der Waals surface area contributed by atoms with E-state index in [4.69, 9.17) is 26.2 Å². The van der Waals surface area contributed by atoms with Crippen LogP contribution < -0.4 is 4.74 Å². The van der Waals surface area contributed by atoms with Gasteiger partial charge in [-0.05, 0) is 18.2 Å². The summed E-state index contributed by atoms with van der Waals surface area (Å²) in [6, 6.07) is 6.19. The number of halogens is 1. The standard InChI is InChI=1S/C10H11ClO4/c1-14-9(11)6-15-8-4-2-3-7(5-8)10(12)13/h2-5,9H,6H2,1H3,(H,12,13). The van der Waals surface area contributed by atoms with Crippen LogP contribution in [0.5, 0.6) is 5.75 Å². The van der Waals surface area contributed by atoms with Crippen molar-refractivity contribution in [3.63, 3.8) is 0 Å². The van der Waals surface area contributed by atoms with E-state index in [9.17, 15) is 4.79 Å². The Balaban J connectivity index is 2.62. The summed E-state index contributed by atoms with van der Waals surface area (Å²) in [5, 5.41) is 8.73. The van der Waals surface area contributed by atoms with E-state index < -0.39 is 11.5 Å². The molecule has 0 heterocycles. The van der Waals surface area contributed by atoms with Gasteiger partial charge in [0.25, 0.3) is 0 Å². The first kappa shape index (κ1) is 11.8. The summed E-state index contributed by atoms with van der Waals surface area (Å²) < 4.78 is 10.0. The Labute approximate surface area is 92.4 Å². The van der Waals surface area contributed by atoms with E-state index in [1.165, 1.54) is 19.2 Å². The number of hydrogen-bond acceptors (Lipinski definition) is 3. The summed E-state index contributed by atoms with van der Waals surface area (Å²) in [5.41, 5.74) is -0.366. The zero-order valence-electron chi connectivity index (χ0n) is 8.14. The molecule has 0 fully saturated rings. The van der Waals surface area contributed by atoms with E-state index in [0.29, 0.717) is 5.75 Å². The maximum Gasteiger partial charge on any atom is 0.335 e. The van der Waals surface area contributed by atoms with E-state index in [2.05, 4.69) is 0 Å². The molecule has 0 aliphatic carbocycles. The number of hydrogen-bond donors (Lipinski definition) is 1. The molecule has 1 aromatic carbocycles. The third-order valence-electron chi connectivity index (χ3n) is 1.72. The largest absolute Gasteiger partial charge is 0.490 e. The monoisotopic (exact) mass is 230 g/mol. The Kier molecular flexibility index (Phi) is 4.39. The molecule has 1 atom stereocenters. The van der Waals surface area contributed by atoms with Gasteiger partial charge in [-0.2, -0.15) is 0 Å². The highest BCUT2D eigenvalue weighted by Crippen LogP contribution is 2.14. The predicted octanol–water partition coefficient (Wildman–Crippen LogP) is 1.97. The van der Waals surface area contributed by atoms with Gasteiger partial charge in [0, 0.05) is 7.11 Å². The van der Waals surface area contributed by atoms with Gasteiger partial charge in [-0.1, -0.05) is 17.7 Å². The molecular weight excluding hydrogens is 220 g/mol. The van der Waals surface area contributed by atoms with Gasteiger partial charge in [0.2, 0.25) is 0 Å². The van der Waals surface area contributed by atoms with Crippen LogP contribution in [0.15, 0.2) is 24.3 Å². The Morgan fingerprint density at radius 1 is 1.60 bits per heavy atom. The van der Waals surface area contributed by atoms with Gasteiger partial charge in [0.1, 0.15) is 12.4 Å². The van der Waals surface area contributed by atoms with Crippen molar-refractivity contribution < 1.29 is 19.4 Å². The second kappa shape index (κ2) is 5.58. The van der Waals surface area contributed by atoms with Gasteiger partial charge in [-0.3, -0.25) is 0 Å². The van der Waals surface area contributed by atoms with Crippen LogP contribution in [0.2, 0.25) is 0 Å². The molecule has 82 valence electrons. The van der Waals surface area contributed by atoms with E-state index in [0.717, 1.165) is 0 Å². The third-order valence-corrected chi connectivity index (χ3v) is 2.02. The van der Waals surface area contributed by atoms with Crippen molar-refractivity contribution in [1.29, 1.82) is 0 Å². The van der Waals surface area contributed by atoms with Crippen LogP contribution >= 0.6 is 11.6 Å². The van der Waals surface area contributed by atoms with Crippen LogP contribution in [-0.2, 0) is 4.74 Å². The Bertz CT molecular complexity index is 340. The van der Waals surface area contributed by atoms with Crippen molar-refractivity contribution >= 4 is 17.6 Å². The fraction of sp³-hybridized carbons (Fsp3) is 0.300. The summed E-state index contributed by atoms with van der Waals surface area (Å²) in [6.07, 6.45) is 0. The second-order valence-corrected chi connectivity index (χ2v) is 3.28. The van der Waals surface area contributed by atoms with Gasteiger partial charge in [-0.15, -0.1) is 0 Å². The van der Waals surface area contributed by atoms with E-state index in [1.54, 1.807) is 12.1 Å². The molecule has 1 aromatic rings. The minimum Gasteiger partial charge on any atom is -0.490 e. The molecule has 1 unspecified atom stereocenters. The quantitative estimate of drug-likeness (QED) is 0.786. The van der Waals surface area contributed by atoms with E-state index >= 15 is 0 Å². The second-order valence-electron chi connectivity index (χ2n) is 2.79. The first-order chi connectivity index (χ1) is 7.13. The zero-order chi connectivity index (χ0) is 11.3. The van der Waals surface area contributed by atoms with Crippen LogP contribution in [-0.4, -0.2) is 30.4 Å². The molecule has 0 amide bonds.